The molecule has 0 radical (unpaired) electrons. The minimum Gasteiger partial charge on any atom is -0.355 e. The van der Waals surface area contributed by atoms with Gasteiger partial charge in [-0.1, -0.05) is 6.07 Å². The third kappa shape index (κ3) is 3.78. The summed E-state index contributed by atoms with van der Waals surface area (Å²) in [5.74, 6) is -0.00840. The van der Waals surface area contributed by atoms with Crippen LogP contribution in [-0.2, 0) is 17.6 Å². The van der Waals surface area contributed by atoms with Gasteiger partial charge in [0.1, 0.15) is 10.7 Å². The number of nitrogens with one attached hydrogen (secondary N) is 1. The zero-order valence-corrected chi connectivity index (χ0v) is 15.0. The smallest absolute Gasteiger partial charge is 0.226 e. The fourth-order valence-corrected chi connectivity index (χ4v) is 4.10. The van der Waals surface area contributed by atoms with E-state index >= 15 is 0 Å². The molecule has 126 valence electrons. The second kappa shape index (κ2) is 7.16. The highest BCUT2D eigenvalue weighted by atomic mass is 32.1. The zero-order chi connectivity index (χ0) is 17.1. The molecule has 0 aliphatic carbocycles. The average molecular weight is 368 g/mol. The Kier molecular flexibility index (Phi) is 4.58. The van der Waals surface area contributed by atoms with Gasteiger partial charge in [0.2, 0.25) is 5.91 Å². The van der Waals surface area contributed by atoms with Crippen LogP contribution in [0.1, 0.15) is 11.4 Å². The van der Waals surface area contributed by atoms with E-state index in [9.17, 15) is 4.79 Å². The molecule has 0 saturated heterocycles. The molecule has 0 spiro atoms. The predicted octanol–water partition coefficient (Wildman–Crippen LogP) is 3.42. The van der Waals surface area contributed by atoms with Gasteiger partial charge in [-0.3, -0.25) is 4.79 Å². The van der Waals surface area contributed by atoms with E-state index in [2.05, 4.69) is 20.7 Å². The van der Waals surface area contributed by atoms with Crippen LogP contribution in [0.3, 0.4) is 0 Å². The summed E-state index contributed by atoms with van der Waals surface area (Å²) < 4.78 is 1.98. The quantitative estimate of drug-likeness (QED) is 0.567. The number of hydrogen-bond donors (Lipinski definition) is 1. The van der Waals surface area contributed by atoms with Gasteiger partial charge in [0, 0.05) is 41.7 Å². The molecule has 7 heteroatoms. The van der Waals surface area contributed by atoms with Crippen LogP contribution in [0.15, 0.2) is 52.8 Å². The average Bonchev–Trinajstić information content (AvgIpc) is 3.34. The molecule has 0 aromatic carbocycles. The van der Waals surface area contributed by atoms with Crippen molar-refractivity contribution in [1.29, 1.82) is 0 Å². The maximum atomic E-state index is 12.1. The highest BCUT2D eigenvalue weighted by molar-refractivity contribution is 7.14. The number of carbonyl (C=O) groups is 1. The van der Waals surface area contributed by atoms with Crippen LogP contribution in [0, 0.1) is 0 Å². The van der Waals surface area contributed by atoms with Crippen molar-refractivity contribution in [2.24, 2.45) is 0 Å². The maximum Gasteiger partial charge on any atom is 0.226 e. The van der Waals surface area contributed by atoms with Crippen LogP contribution < -0.4 is 5.32 Å². The third-order valence-corrected chi connectivity index (χ3v) is 5.40. The lowest BCUT2D eigenvalue weighted by Crippen LogP contribution is -2.27. The van der Waals surface area contributed by atoms with Crippen LogP contribution >= 0.6 is 22.7 Å². The zero-order valence-electron chi connectivity index (χ0n) is 13.4. The number of aromatic nitrogens is 3. The van der Waals surface area contributed by atoms with Crippen LogP contribution in [0.2, 0.25) is 0 Å². The van der Waals surface area contributed by atoms with Gasteiger partial charge < -0.3 is 9.72 Å². The molecule has 0 aliphatic rings. The molecule has 0 aliphatic heterocycles. The summed E-state index contributed by atoms with van der Waals surface area (Å²) in [6, 6.07) is 7.95. The largest absolute Gasteiger partial charge is 0.355 e. The van der Waals surface area contributed by atoms with Crippen LogP contribution in [0.4, 0.5) is 0 Å². The second-order valence-electron chi connectivity index (χ2n) is 5.63. The first kappa shape index (κ1) is 16.0. The first-order chi connectivity index (χ1) is 12.3. The van der Waals surface area contributed by atoms with Crippen molar-refractivity contribution in [3.05, 3.63) is 64.2 Å². The first-order valence-corrected chi connectivity index (χ1v) is 9.76. The number of rotatable bonds is 6. The van der Waals surface area contributed by atoms with Gasteiger partial charge >= 0.3 is 0 Å². The fourth-order valence-electron chi connectivity index (χ4n) is 2.57. The number of amides is 1. The van der Waals surface area contributed by atoms with Crippen molar-refractivity contribution in [3.8, 4) is 10.6 Å². The summed E-state index contributed by atoms with van der Waals surface area (Å²) in [5, 5.41) is 9.96. The van der Waals surface area contributed by atoms with E-state index in [-0.39, 0.29) is 5.91 Å². The first-order valence-electron chi connectivity index (χ1n) is 7.94. The van der Waals surface area contributed by atoms with E-state index in [0.29, 0.717) is 19.4 Å². The minimum atomic E-state index is -0.00840. The van der Waals surface area contributed by atoms with E-state index in [0.717, 1.165) is 27.6 Å². The lowest BCUT2D eigenvalue weighted by Gasteiger charge is -2.02. The molecule has 5 nitrogen and oxygen atoms in total. The van der Waals surface area contributed by atoms with Crippen LogP contribution in [0.25, 0.3) is 16.2 Å². The SMILES string of the molecule is O=C(Cc1csc(-c2ccsc2)n1)NCCc1cn2ccccc2n1. The lowest BCUT2D eigenvalue weighted by molar-refractivity contribution is -0.120. The van der Waals surface area contributed by atoms with E-state index in [1.165, 1.54) is 0 Å². The number of nitrogens with zero attached hydrogens (tertiary/aromatic N) is 3. The number of thiophene rings is 1. The standard InChI is InChI=1S/C18H16N4OS2/c23-17(9-15-12-25-18(21-15)13-5-8-24-11-13)19-6-4-14-10-22-7-2-1-3-16(22)20-14/h1-3,5,7-8,10-12H,4,6,9H2,(H,19,23). The molecule has 1 amide bonds. The Bertz CT molecular complexity index is 955. The third-order valence-electron chi connectivity index (χ3n) is 3.78. The molecule has 0 saturated carbocycles. The monoisotopic (exact) mass is 368 g/mol. The summed E-state index contributed by atoms with van der Waals surface area (Å²) in [5.41, 5.74) is 3.83. The highest BCUT2D eigenvalue weighted by Gasteiger charge is 2.09. The molecule has 1 N–H and O–H groups in total. The van der Waals surface area contributed by atoms with Crippen LogP contribution in [-0.4, -0.2) is 26.8 Å². The molecule has 0 atom stereocenters. The molecule has 0 fully saturated rings. The molecule has 0 unspecified atom stereocenters. The van der Waals surface area contributed by atoms with Crippen molar-refractivity contribution < 1.29 is 4.79 Å². The van der Waals surface area contributed by atoms with Crippen molar-refractivity contribution >= 4 is 34.2 Å². The Morgan fingerprint density at radius 1 is 1.16 bits per heavy atom. The number of hydrogen-bond acceptors (Lipinski definition) is 5. The van der Waals surface area contributed by atoms with Gasteiger partial charge in [0.05, 0.1) is 17.8 Å². The molecule has 4 rings (SSSR count). The Balaban J connectivity index is 1.29. The van der Waals surface area contributed by atoms with Gasteiger partial charge in [-0.25, -0.2) is 9.97 Å². The van der Waals surface area contributed by atoms with Crippen LogP contribution in [0.5, 0.6) is 0 Å². The second-order valence-corrected chi connectivity index (χ2v) is 7.27. The van der Waals surface area contributed by atoms with E-state index < -0.39 is 0 Å². The maximum absolute atomic E-state index is 12.1. The molecular formula is C18H16N4OS2. The highest BCUT2D eigenvalue weighted by Crippen LogP contribution is 2.25. The molecule has 4 heterocycles. The molecule has 4 aromatic rings. The van der Waals surface area contributed by atoms with Gasteiger partial charge in [0.15, 0.2) is 0 Å². The van der Waals surface area contributed by atoms with Gasteiger partial charge in [-0.15, -0.1) is 11.3 Å². The number of imidazole rings is 1. The Hall–Kier alpha value is -2.51. The topological polar surface area (TPSA) is 59.3 Å². The Morgan fingerprint density at radius 2 is 2.12 bits per heavy atom. The predicted molar refractivity (Wildman–Crippen MR) is 101 cm³/mol. The number of thiazole rings is 1. The number of fused-ring (bicyclic) bond motifs is 1. The van der Waals surface area contributed by atoms with Crippen molar-refractivity contribution in [1.82, 2.24) is 19.7 Å². The lowest BCUT2D eigenvalue weighted by atomic mass is 10.3. The molecule has 25 heavy (non-hydrogen) atoms. The minimum absolute atomic E-state index is 0.00840. The van der Waals surface area contributed by atoms with E-state index in [1.54, 1.807) is 22.7 Å². The van der Waals surface area contributed by atoms with Crippen molar-refractivity contribution in [3.63, 3.8) is 0 Å². The van der Waals surface area contributed by atoms with E-state index in [1.807, 2.05) is 51.8 Å². The van der Waals surface area contributed by atoms with Gasteiger partial charge in [0.25, 0.3) is 0 Å². The molecular weight excluding hydrogens is 352 g/mol. The summed E-state index contributed by atoms with van der Waals surface area (Å²) in [6.45, 7) is 0.574. The van der Waals surface area contributed by atoms with Crippen molar-refractivity contribution in [2.45, 2.75) is 12.8 Å². The van der Waals surface area contributed by atoms with Gasteiger partial charge in [-0.2, -0.15) is 11.3 Å². The summed E-state index contributed by atoms with van der Waals surface area (Å²) in [4.78, 5) is 21.2. The molecule has 0 bridgehead atoms. The Morgan fingerprint density at radius 3 is 2.96 bits per heavy atom. The number of carbonyl (C=O) groups excluding carboxylic acids is 1. The normalized spacial score (nSPS) is 11.0. The van der Waals surface area contributed by atoms with Gasteiger partial charge in [-0.05, 0) is 23.6 Å². The van der Waals surface area contributed by atoms with E-state index in [4.69, 9.17) is 0 Å². The summed E-state index contributed by atoms with van der Waals surface area (Å²) >= 11 is 3.22. The number of pyridine rings is 1. The van der Waals surface area contributed by atoms with Crippen molar-refractivity contribution in [2.75, 3.05) is 6.54 Å². The fraction of sp³-hybridized carbons (Fsp3) is 0.167. The molecule has 4 aromatic heterocycles. The summed E-state index contributed by atoms with van der Waals surface area (Å²) in [6.07, 6.45) is 4.99. The summed E-state index contributed by atoms with van der Waals surface area (Å²) in [7, 11) is 0. The Labute approximate surface area is 153 Å².